The summed E-state index contributed by atoms with van der Waals surface area (Å²) in [6.45, 7) is 1.98. The first-order valence-electron chi connectivity index (χ1n) is 8.72. The fourth-order valence-electron chi connectivity index (χ4n) is 2.21. The first-order valence-corrected chi connectivity index (χ1v) is 8.72. The molecule has 0 radical (unpaired) electrons. The molecule has 0 aliphatic carbocycles. The molecule has 0 aliphatic heterocycles. The van der Waals surface area contributed by atoms with E-state index in [1.54, 1.807) is 0 Å². The molecule has 0 fully saturated rings. The quantitative estimate of drug-likeness (QED) is 0.178. The normalized spacial score (nSPS) is 16.0. The van der Waals surface area contributed by atoms with Crippen molar-refractivity contribution >= 4 is 23.7 Å². The molecule has 0 aliphatic rings. The number of H-pyrrole nitrogens is 1. The fourth-order valence-corrected chi connectivity index (χ4v) is 2.21. The average molecular weight is 414 g/mol. The number of aliphatic hydroxyl groups excluding tert-OH is 2. The maximum Gasteiger partial charge on any atom is 0.326 e. The van der Waals surface area contributed by atoms with Crippen molar-refractivity contribution in [2.45, 2.75) is 50.6 Å². The number of amides is 3. The van der Waals surface area contributed by atoms with E-state index in [0.29, 0.717) is 5.69 Å². The van der Waals surface area contributed by atoms with Crippen molar-refractivity contribution < 1.29 is 34.5 Å². The van der Waals surface area contributed by atoms with Gasteiger partial charge in [-0.05, 0) is 13.8 Å². The van der Waals surface area contributed by atoms with Crippen LogP contribution in [0.3, 0.4) is 0 Å². The Hall–Kier alpha value is -3.03. The van der Waals surface area contributed by atoms with Crippen molar-refractivity contribution in [1.82, 2.24) is 25.9 Å². The number of aromatic amines is 1. The van der Waals surface area contributed by atoms with Gasteiger partial charge in [-0.15, -0.1) is 0 Å². The van der Waals surface area contributed by atoms with E-state index < -0.39 is 60.6 Å². The van der Waals surface area contributed by atoms with Crippen LogP contribution < -0.4 is 21.7 Å². The molecular formula is C16H26N6O7. The van der Waals surface area contributed by atoms with Crippen molar-refractivity contribution in [3.63, 3.8) is 0 Å². The summed E-state index contributed by atoms with van der Waals surface area (Å²) < 4.78 is 0. The standard InChI is InChI=1S/C16H26N6O7/c1-7(23)12(17)14(26)19-5-11(25)22-13(8(2)24)15(27)21-10(16(28)29)3-9-4-18-6-20-9/h4,6-8,10,12-13,23-24H,3,5,17H2,1-2H3,(H,18,20)(H,19,26)(H,21,27)(H,22,25)(H,28,29). The molecule has 3 amide bonds. The zero-order chi connectivity index (χ0) is 22.1. The van der Waals surface area contributed by atoms with E-state index >= 15 is 0 Å². The number of aromatic nitrogens is 2. The van der Waals surface area contributed by atoms with E-state index in [1.807, 2.05) is 0 Å². The van der Waals surface area contributed by atoms with Gasteiger partial charge in [0.25, 0.3) is 0 Å². The SMILES string of the molecule is CC(O)C(N)C(=O)NCC(=O)NC(C(=O)NC(Cc1cnc[nH]1)C(=O)O)C(C)O. The van der Waals surface area contributed by atoms with Crippen LogP contribution in [0.4, 0.5) is 0 Å². The summed E-state index contributed by atoms with van der Waals surface area (Å²) in [5, 5.41) is 35.0. The minimum absolute atomic E-state index is 0.0885. The largest absolute Gasteiger partial charge is 0.480 e. The van der Waals surface area contributed by atoms with E-state index in [2.05, 4.69) is 25.9 Å². The second kappa shape index (κ2) is 11.1. The Labute approximate surface area is 166 Å². The third-order valence-electron chi connectivity index (χ3n) is 3.92. The van der Waals surface area contributed by atoms with Gasteiger partial charge in [-0.25, -0.2) is 9.78 Å². The molecule has 1 heterocycles. The monoisotopic (exact) mass is 414 g/mol. The van der Waals surface area contributed by atoms with E-state index in [4.69, 9.17) is 5.73 Å². The second-order valence-electron chi connectivity index (χ2n) is 6.45. The van der Waals surface area contributed by atoms with Gasteiger partial charge in [0, 0.05) is 18.3 Å². The van der Waals surface area contributed by atoms with Gasteiger partial charge in [0.15, 0.2) is 0 Å². The van der Waals surface area contributed by atoms with Crippen molar-refractivity contribution in [3.05, 3.63) is 18.2 Å². The third kappa shape index (κ3) is 7.85. The number of carbonyl (C=O) groups excluding carboxylic acids is 3. The highest BCUT2D eigenvalue weighted by molar-refractivity contribution is 5.93. The van der Waals surface area contributed by atoms with Crippen molar-refractivity contribution in [3.8, 4) is 0 Å². The number of carboxylic acid groups (broad SMARTS) is 1. The van der Waals surface area contributed by atoms with Gasteiger partial charge in [-0.1, -0.05) is 0 Å². The molecule has 0 spiro atoms. The fraction of sp³-hybridized carbons (Fsp3) is 0.562. The number of imidazole rings is 1. The van der Waals surface area contributed by atoms with Crippen LogP contribution in [-0.2, 0) is 25.6 Å². The number of carboxylic acids is 1. The van der Waals surface area contributed by atoms with Crippen LogP contribution in [0.5, 0.6) is 0 Å². The molecule has 5 atom stereocenters. The van der Waals surface area contributed by atoms with E-state index in [9.17, 15) is 34.5 Å². The molecule has 1 aromatic rings. The molecule has 13 nitrogen and oxygen atoms in total. The van der Waals surface area contributed by atoms with Crippen LogP contribution in [0, 0.1) is 0 Å². The zero-order valence-electron chi connectivity index (χ0n) is 16.0. The average Bonchev–Trinajstić information content (AvgIpc) is 3.15. The molecule has 13 heteroatoms. The molecule has 5 unspecified atom stereocenters. The highest BCUT2D eigenvalue weighted by atomic mass is 16.4. The molecule has 0 bridgehead atoms. The lowest BCUT2D eigenvalue weighted by atomic mass is 10.1. The van der Waals surface area contributed by atoms with E-state index in [1.165, 1.54) is 26.4 Å². The summed E-state index contributed by atoms with van der Waals surface area (Å²) in [4.78, 5) is 53.9. The summed E-state index contributed by atoms with van der Waals surface area (Å²) in [5.74, 6) is -3.84. The molecular weight excluding hydrogens is 388 g/mol. The van der Waals surface area contributed by atoms with Crippen molar-refractivity contribution in [2.24, 2.45) is 5.73 Å². The van der Waals surface area contributed by atoms with Gasteiger partial charge in [-0.3, -0.25) is 14.4 Å². The Morgan fingerprint density at radius 1 is 1.14 bits per heavy atom. The first kappa shape index (κ1) is 24.0. The lowest BCUT2D eigenvalue weighted by Gasteiger charge is -2.23. The molecule has 162 valence electrons. The Kier molecular flexibility index (Phi) is 9.18. The molecule has 1 aromatic heterocycles. The number of aliphatic hydroxyl groups is 2. The predicted octanol–water partition coefficient (Wildman–Crippen LogP) is -3.79. The number of hydrogen-bond acceptors (Lipinski definition) is 8. The summed E-state index contributed by atoms with van der Waals surface area (Å²) in [6, 6.07) is -4.03. The van der Waals surface area contributed by atoms with Gasteiger partial charge in [-0.2, -0.15) is 0 Å². The number of nitrogens with zero attached hydrogens (tertiary/aromatic N) is 1. The summed E-state index contributed by atoms with van der Waals surface area (Å²) >= 11 is 0. The van der Waals surface area contributed by atoms with Gasteiger partial charge >= 0.3 is 5.97 Å². The summed E-state index contributed by atoms with van der Waals surface area (Å²) in [6.07, 6.45) is 0.186. The highest BCUT2D eigenvalue weighted by Gasteiger charge is 2.30. The minimum Gasteiger partial charge on any atom is -0.480 e. The van der Waals surface area contributed by atoms with Crippen LogP contribution >= 0.6 is 0 Å². The molecule has 9 N–H and O–H groups in total. The summed E-state index contributed by atoms with van der Waals surface area (Å²) in [7, 11) is 0. The Morgan fingerprint density at radius 3 is 2.28 bits per heavy atom. The number of hydrogen-bond donors (Lipinski definition) is 8. The van der Waals surface area contributed by atoms with Crippen LogP contribution in [-0.4, -0.2) is 85.9 Å². The summed E-state index contributed by atoms with van der Waals surface area (Å²) in [5.41, 5.74) is 5.89. The minimum atomic E-state index is -1.46. The molecule has 1 rings (SSSR count). The topological polar surface area (TPSA) is 220 Å². The van der Waals surface area contributed by atoms with Crippen molar-refractivity contribution in [2.75, 3.05) is 6.54 Å². The van der Waals surface area contributed by atoms with Crippen LogP contribution in [0.15, 0.2) is 12.5 Å². The number of nitrogens with one attached hydrogen (secondary N) is 4. The Balaban J connectivity index is 2.67. The molecule has 0 saturated carbocycles. The Bertz CT molecular complexity index is 707. The maximum absolute atomic E-state index is 12.4. The maximum atomic E-state index is 12.4. The number of nitrogens with two attached hydrogens (primary N) is 1. The van der Waals surface area contributed by atoms with Crippen LogP contribution in [0.25, 0.3) is 0 Å². The van der Waals surface area contributed by atoms with Crippen LogP contribution in [0.2, 0.25) is 0 Å². The molecule has 0 saturated heterocycles. The lowest BCUT2D eigenvalue weighted by Crippen LogP contribution is -2.58. The Morgan fingerprint density at radius 2 is 1.79 bits per heavy atom. The van der Waals surface area contributed by atoms with E-state index in [-0.39, 0.29) is 6.42 Å². The van der Waals surface area contributed by atoms with Gasteiger partial charge in [0.2, 0.25) is 17.7 Å². The lowest BCUT2D eigenvalue weighted by molar-refractivity contribution is -0.143. The van der Waals surface area contributed by atoms with Crippen LogP contribution in [0.1, 0.15) is 19.5 Å². The van der Waals surface area contributed by atoms with Crippen molar-refractivity contribution in [1.29, 1.82) is 0 Å². The number of rotatable bonds is 11. The van der Waals surface area contributed by atoms with Gasteiger partial charge in [0.05, 0.1) is 25.1 Å². The smallest absolute Gasteiger partial charge is 0.326 e. The van der Waals surface area contributed by atoms with Gasteiger partial charge < -0.3 is 42.0 Å². The number of carbonyl (C=O) groups is 4. The van der Waals surface area contributed by atoms with E-state index in [0.717, 1.165) is 0 Å². The molecule has 0 aromatic carbocycles. The third-order valence-corrected chi connectivity index (χ3v) is 3.92. The first-order chi connectivity index (χ1) is 13.5. The second-order valence-corrected chi connectivity index (χ2v) is 6.45. The van der Waals surface area contributed by atoms with Gasteiger partial charge in [0.1, 0.15) is 18.1 Å². The highest BCUT2D eigenvalue weighted by Crippen LogP contribution is 2.01. The predicted molar refractivity (Wildman–Crippen MR) is 98.1 cm³/mol. The molecule has 29 heavy (non-hydrogen) atoms. The zero-order valence-corrected chi connectivity index (χ0v) is 16.0. The number of aliphatic carboxylic acids is 1.